The van der Waals surface area contributed by atoms with Crippen molar-refractivity contribution in [2.75, 3.05) is 0 Å². The zero-order chi connectivity index (χ0) is 10.6. The molecule has 0 heterocycles. The van der Waals surface area contributed by atoms with Gasteiger partial charge in [-0.1, -0.05) is 18.5 Å². The summed E-state index contributed by atoms with van der Waals surface area (Å²) in [5.41, 5.74) is 0. The van der Waals surface area contributed by atoms with Crippen LogP contribution in [-0.4, -0.2) is 11.8 Å². The van der Waals surface area contributed by atoms with Crippen LogP contribution in [0.15, 0.2) is 24.3 Å². The van der Waals surface area contributed by atoms with Gasteiger partial charge in [-0.25, -0.2) is 4.79 Å². The predicted octanol–water partition coefficient (Wildman–Crippen LogP) is 2.22. The van der Waals surface area contributed by atoms with Crippen LogP contribution >= 0.6 is 11.6 Å². The molecule has 3 nitrogen and oxygen atoms in total. The van der Waals surface area contributed by atoms with Crippen molar-refractivity contribution in [3.63, 3.8) is 0 Å². The molecule has 74 valence electrons. The maximum Gasteiger partial charge on any atom is 0.379 e. The Morgan fingerprint density at radius 1 is 1.29 bits per heavy atom. The van der Waals surface area contributed by atoms with Crippen LogP contribution in [0, 0.1) is 0 Å². The highest BCUT2D eigenvalue weighted by Crippen LogP contribution is 2.15. The van der Waals surface area contributed by atoms with E-state index < -0.39 is 11.8 Å². The number of benzene rings is 1. The van der Waals surface area contributed by atoms with Crippen LogP contribution in [0.2, 0.25) is 5.02 Å². The van der Waals surface area contributed by atoms with Crippen LogP contribution in [0.1, 0.15) is 13.3 Å². The van der Waals surface area contributed by atoms with Gasteiger partial charge < -0.3 is 4.74 Å². The molecular weight excluding hydrogens is 204 g/mol. The number of ketones is 1. The number of carbonyl (C=O) groups is 2. The van der Waals surface area contributed by atoms with Gasteiger partial charge in [0.25, 0.3) is 0 Å². The van der Waals surface area contributed by atoms with E-state index in [1.165, 1.54) is 12.1 Å². The summed E-state index contributed by atoms with van der Waals surface area (Å²) in [6.45, 7) is 1.60. The van der Waals surface area contributed by atoms with Crippen molar-refractivity contribution < 1.29 is 14.3 Å². The third kappa shape index (κ3) is 2.85. The molecule has 0 N–H and O–H groups in total. The molecule has 0 radical (unpaired) electrons. The minimum Gasteiger partial charge on any atom is -0.421 e. The number of ether oxygens (including phenoxy) is 1. The third-order valence-electron chi connectivity index (χ3n) is 1.57. The summed E-state index contributed by atoms with van der Waals surface area (Å²) in [5.74, 6) is -1.06. The first-order valence-electron chi connectivity index (χ1n) is 4.14. The Labute approximate surface area is 86.6 Å². The normalized spacial score (nSPS) is 9.57. The molecule has 0 aliphatic carbocycles. The number of hydrogen-bond donors (Lipinski definition) is 0. The van der Waals surface area contributed by atoms with Crippen LogP contribution in [0.3, 0.4) is 0 Å². The van der Waals surface area contributed by atoms with Crippen molar-refractivity contribution >= 4 is 23.4 Å². The van der Waals surface area contributed by atoms with Crippen molar-refractivity contribution in [3.8, 4) is 5.75 Å². The van der Waals surface area contributed by atoms with E-state index >= 15 is 0 Å². The van der Waals surface area contributed by atoms with E-state index in [2.05, 4.69) is 0 Å². The highest BCUT2D eigenvalue weighted by molar-refractivity contribution is 6.34. The number of halogens is 1. The fraction of sp³-hybridized carbons (Fsp3) is 0.200. The van der Waals surface area contributed by atoms with Gasteiger partial charge in [-0.2, -0.15) is 0 Å². The molecule has 0 atom stereocenters. The van der Waals surface area contributed by atoms with Crippen LogP contribution in [0.25, 0.3) is 0 Å². The highest BCUT2D eigenvalue weighted by Gasteiger charge is 2.13. The monoisotopic (exact) mass is 212 g/mol. The Morgan fingerprint density at radius 2 is 1.86 bits per heavy atom. The Bertz CT molecular complexity index is 343. The van der Waals surface area contributed by atoms with E-state index in [9.17, 15) is 9.59 Å². The van der Waals surface area contributed by atoms with E-state index in [0.29, 0.717) is 10.8 Å². The largest absolute Gasteiger partial charge is 0.421 e. The first kappa shape index (κ1) is 10.7. The molecule has 0 aliphatic rings. The van der Waals surface area contributed by atoms with Gasteiger partial charge in [0.2, 0.25) is 5.78 Å². The average Bonchev–Trinajstić information content (AvgIpc) is 2.20. The number of carbonyl (C=O) groups excluding carboxylic acids is 2. The fourth-order valence-electron chi connectivity index (χ4n) is 0.811. The van der Waals surface area contributed by atoms with Crippen molar-refractivity contribution in [1.82, 2.24) is 0 Å². The minimum atomic E-state index is -0.838. The second-order valence-corrected chi connectivity index (χ2v) is 3.06. The lowest BCUT2D eigenvalue weighted by Crippen LogP contribution is -2.19. The summed E-state index contributed by atoms with van der Waals surface area (Å²) in [6, 6.07) is 6.23. The lowest BCUT2D eigenvalue weighted by atomic mass is 10.3. The highest BCUT2D eigenvalue weighted by atomic mass is 35.5. The standard InChI is InChI=1S/C10H9ClO3/c1-2-9(12)10(13)14-8-5-3-7(11)4-6-8/h3-6H,2H2,1H3. The molecule has 1 aromatic carbocycles. The van der Waals surface area contributed by atoms with Crippen molar-refractivity contribution in [2.45, 2.75) is 13.3 Å². The molecule has 0 fully saturated rings. The second-order valence-electron chi connectivity index (χ2n) is 2.62. The molecule has 14 heavy (non-hydrogen) atoms. The number of hydrogen-bond acceptors (Lipinski definition) is 3. The number of esters is 1. The molecule has 1 aromatic rings. The summed E-state index contributed by atoms with van der Waals surface area (Å²) in [5, 5.41) is 0.548. The molecule has 0 saturated carbocycles. The van der Waals surface area contributed by atoms with Gasteiger partial charge in [-0.15, -0.1) is 0 Å². The molecule has 0 bridgehead atoms. The van der Waals surface area contributed by atoms with E-state index in [1.807, 2.05) is 0 Å². The summed E-state index contributed by atoms with van der Waals surface area (Å²) in [4.78, 5) is 21.9. The van der Waals surface area contributed by atoms with Crippen molar-refractivity contribution in [3.05, 3.63) is 29.3 Å². The van der Waals surface area contributed by atoms with E-state index in [0.717, 1.165) is 0 Å². The van der Waals surface area contributed by atoms with Crippen LogP contribution in [0.4, 0.5) is 0 Å². The lowest BCUT2D eigenvalue weighted by Gasteiger charge is -2.01. The maximum atomic E-state index is 11.0. The number of rotatable bonds is 3. The Morgan fingerprint density at radius 3 is 2.36 bits per heavy atom. The summed E-state index contributed by atoms with van der Waals surface area (Å²) in [7, 11) is 0. The van der Waals surface area contributed by atoms with E-state index in [1.54, 1.807) is 19.1 Å². The summed E-state index contributed by atoms with van der Waals surface area (Å²) < 4.78 is 4.77. The summed E-state index contributed by atoms with van der Waals surface area (Å²) >= 11 is 5.63. The van der Waals surface area contributed by atoms with E-state index in [4.69, 9.17) is 16.3 Å². The van der Waals surface area contributed by atoms with Crippen LogP contribution < -0.4 is 4.74 Å². The molecular formula is C10H9ClO3. The predicted molar refractivity (Wildman–Crippen MR) is 52.4 cm³/mol. The van der Waals surface area contributed by atoms with Crippen LogP contribution in [0.5, 0.6) is 5.75 Å². The second kappa shape index (κ2) is 4.77. The topological polar surface area (TPSA) is 43.4 Å². The van der Waals surface area contributed by atoms with Gasteiger partial charge in [0.05, 0.1) is 0 Å². The first-order valence-corrected chi connectivity index (χ1v) is 4.52. The average molecular weight is 213 g/mol. The molecule has 0 amide bonds. The maximum absolute atomic E-state index is 11.0. The van der Waals surface area contributed by atoms with Crippen molar-refractivity contribution in [1.29, 1.82) is 0 Å². The van der Waals surface area contributed by atoms with Crippen molar-refractivity contribution in [2.24, 2.45) is 0 Å². The molecule has 0 unspecified atom stereocenters. The smallest absolute Gasteiger partial charge is 0.379 e. The molecule has 1 rings (SSSR count). The lowest BCUT2D eigenvalue weighted by molar-refractivity contribution is -0.146. The minimum absolute atomic E-state index is 0.145. The van der Waals surface area contributed by atoms with Gasteiger partial charge in [0.15, 0.2) is 0 Å². The quantitative estimate of drug-likeness (QED) is 0.438. The Kier molecular flexibility index (Phi) is 3.65. The first-order chi connectivity index (χ1) is 6.63. The Balaban J connectivity index is 2.65. The van der Waals surface area contributed by atoms with Gasteiger partial charge in [-0.05, 0) is 24.3 Å². The SMILES string of the molecule is CCC(=O)C(=O)Oc1ccc(Cl)cc1. The third-order valence-corrected chi connectivity index (χ3v) is 1.82. The fourth-order valence-corrected chi connectivity index (χ4v) is 0.937. The van der Waals surface area contributed by atoms with Gasteiger partial charge in [0, 0.05) is 11.4 Å². The molecule has 0 aromatic heterocycles. The van der Waals surface area contributed by atoms with Crippen LogP contribution in [-0.2, 0) is 9.59 Å². The van der Waals surface area contributed by atoms with Gasteiger partial charge in [-0.3, -0.25) is 4.79 Å². The van der Waals surface area contributed by atoms with E-state index in [-0.39, 0.29) is 6.42 Å². The summed E-state index contributed by atoms with van der Waals surface area (Å²) in [6.07, 6.45) is 0.145. The molecule has 4 heteroatoms. The molecule has 0 saturated heterocycles. The molecule has 0 aliphatic heterocycles. The zero-order valence-corrected chi connectivity index (χ0v) is 8.38. The zero-order valence-electron chi connectivity index (χ0n) is 7.62. The van der Waals surface area contributed by atoms with Gasteiger partial charge >= 0.3 is 5.97 Å². The molecule has 0 spiro atoms. The van der Waals surface area contributed by atoms with Gasteiger partial charge in [0.1, 0.15) is 5.75 Å². The number of Topliss-reactive ketones (excluding diaryl/α,β-unsaturated/α-hetero) is 1. The Hall–Kier alpha value is -1.35.